The molecule has 0 spiro atoms. The van der Waals surface area contributed by atoms with Crippen molar-refractivity contribution < 1.29 is 9.59 Å². The Morgan fingerprint density at radius 1 is 1.24 bits per heavy atom. The van der Waals surface area contributed by atoms with Crippen molar-refractivity contribution in [3.05, 3.63) is 38.2 Å². The van der Waals surface area contributed by atoms with Crippen LogP contribution in [0.25, 0.3) is 6.08 Å². The quantitative estimate of drug-likeness (QED) is 0.809. The maximum absolute atomic E-state index is 11.4. The van der Waals surface area contributed by atoms with Crippen molar-refractivity contribution in [1.82, 2.24) is 5.32 Å². The molecule has 2 rings (SSSR count). The van der Waals surface area contributed by atoms with Gasteiger partial charge in [0.2, 0.25) is 0 Å². The fourth-order valence-electron chi connectivity index (χ4n) is 1.52. The molecule has 0 atom stereocenters. The third-order valence-electron chi connectivity index (χ3n) is 2.48. The highest BCUT2D eigenvalue weighted by Gasteiger charge is 2.25. The smallest absolute Gasteiger partial charge is 0.282 e. The van der Waals surface area contributed by atoms with Gasteiger partial charge in [0.25, 0.3) is 11.1 Å². The van der Waals surface area contributed by atoms with Crippen LogP contribution in [0.5, 0.6) is 0 Å². The van der Waals surface area contributed by atoms with Crippen LogP contribution in [0.15, 0.2) is 21.5 Å². The summed E-state index contributed by atoms with van der Waals surface area (Å²) in [7, 11) is 0. The number of carbonyl (C=O) groups excluding carboxylic acids is 2. The van der Waals surface area contributed by atoms with Crippen molar-refractivity contribution in [3.8, 4) is 0 Å². The summed E-state index contributed by atoms with van der Waals surface area (Å²) in [6, 6.07) is 3.99. The maximum Gasteiger partial charge on any atom is 0.290 e. The molecule has 1 aromatic rings. The van der Waals surface area contributed by atoms with Crippen LogP contribution in [0.1, 0.15) is 16.7 Å². The highest BCUT2D eigenvalue weighted by molar-refractivity contribution is 9.10. The third-order valence-corrected chi connectivity index (χ3v) is 4.14. The normalized spacial score (nSPS) is 17.7. The molecule has 3 nitrogen and oxygen atoms in total. The Bertz CT molecular complexity index is 552. The molecule has 0 aliphatic carbocycles. The molecule has 1 aromatic carbocycles. The fourth-order valence-corrected chi connectivity index (χ4v) is 2.65. The molecular formula is C12H10BrNO2S. The van der Waals surface area contributed by atoms with E-state index in [0.29, 0.717) is 4.91 Å². The first-order chi connectivity index (χ1) is 7.97. The number of imide groups is 1. The van der Waals surface area contributed by atoms with E-state index >= 15 is 0 Å². The summed E-state index contributed by atoms with van der Waals surface area (Å²) in [5, 5.41) is 1.93. The van der Waals surface area contributed by atoms with Gasteiger partial charge in [0.15, 0.2) is 0 Å². The van der Waals surface area contributed by atoms with Gasteiger partial charge in [-0.3, -0.25) is 14.9 Å². The van der Waals surface area contributed by atoms with Gasteiger partial charge in [0.1, 0.15) is 0 Å². The number of hydrogen-bond acceptors (Lipinski definition) is 3. The van der Waals surface area contributed by atoms with Gasteiger partial charge in [-0.05, 0) is 54.4 Å². The molecule has 17 heavy (non-hydrogen) atoms. The molecule has 88 valence electrons. The molecule has 0 saturated carbocycles. The molecule has 1 heterocycles. The number of aryl methyl sites for hydroxylation is 2. The Hall–Kier alpha value is -1.07. The van der Waals surface area contributed by atoms with E-state index in [4.69, 9.17) is 0 Å². The monoisotopic (exact) mass is 311 g/mol. The highest BCUT2D eigenvalue weighted by atomic mass is 79.9. The average molecular weight is 312 g/mol. The molecule has 1 N–H and O–H groups in total. The molecule has 5 heteroatoms. The number of halogens is 1. The predicted octanol–water partition coefficient (Wildman–Crippen LogP) is 3.39. The standard InChI is InChI=1S/C12H10BrNO2S/c1-6-4-9(13)7(2)3-8(6)5-10-11(15)14-12(16)17-10/h3-5H,1-2H3,(H,14,15,16)/b10-5-. The Kier molecular flexibility index (Phi) is 3.40. The summed E-state index contributed by atoms with van der Waals surface area (Å²) >= 11 is 4.39. The molecule has 2 amide bonds. The number of hydrogen-bond donors (Lipinski definition) is 1. The Labute approximate surface area is 112 Å². The summed E-state index contributed by atoms with van der Waals surface area (Å²) in [5.74, 6) is -0.319. The number of rotatable bonds is 1. The lowest BCUT2D eigenvalue weighted by atomic mass is 10.1. The highest BCUT2D eigenvalue weighted by Crippen LogP contribution is 2.28. The first kappa shape index (κ1) is 12.4. The van der Waals surface area contributed by atoms with Gasteiger partial charge < -0.3 is 0 Å². The molecule has 1 aliphatic rings. The molecule has 1 aliphatic heterocycles. The van der Waals surface area contributed by atoms with E-state index in [0.717, 1.165) is 32.9 Å². The van der Waals surface area contributed by atoms with Crippen molar-refractivity contribution >= 4 is 44.9 Å². The summed E-state index contributed by atoms with van der Waals surface area (Å²) in [5.41, 5.74) is 3.11. The number of carbonyl (C=O) groups is 2. The van der Waals surface area contributed by atoms with Gasteiger partial charge in [-0.1, -0.05) is 22.0 Å². The van der Waals surface area contributed by atoms with Crippen molar-refractivity contribution in [2.24, 2.45) is 0 Å². The van der Waals surface area contributed by atoms with E-state index in [9.17, 15) is 9.59 Å². The van der Waals surface area contributed by atoms with Crippen LogP contribution in [0.4, 0.5) is 4.79 Å². The number of nitrogens with one attached hydrogen (secondary N) is 1. The first-order valence-electron chi connectivity index (χ1n) is 4.99. The maximum atomic E-state index is 11.4. The van der Waals surface area contributed by atoms with E-state index in [1.165, 1.54) is 0 Å². The van der Waals surface area contributed by atoms with Crippen LogP contribution < -0.4 is 5.32 Å². The van der Waals surface area contributed by atoms with Crippen LogP contribution in [0.3, 0.4) is 0 Å². The molecule has 1 saturated heterocycles. The lowest BCUT2D eigenvalue weighted by Crippen LogP contribution is -2.17. The summed E-state index contributed by atoms with van der Waals surface area (Å²) in [6.45, 7) is 3.95. The SMILES string of the molecule is Cc1cc(/C=C2\SC(=O)NC2=O)c(C)cc1Br. The molecule has 0 unspecified atom stereocenters. The second-order valence-electron chi connectivity index (χ2n) is 3.81. The Balaban J connectivity index is 2.42. The van der Waals surface area contributed by atoms with Crippen LogP contribution in [0, 0.1) is 13.8 Å². The average Bonchev–Trinajstić information content (AvgIpc) is 2.54. The van der Waals surface area contributed by atoms with E-state index in [-0.39, 0.29) is 11.1 Å². The van der Waals surface area contributed by atoms with E-state index in [1.54, 1.807) is 6.08 Å². The Morgan fingerprint density at radius 2 is 1.94 bits per heavy atom. The molecule has 0 bridgehead atoms. The minimum Gasteiger partial charge on any atom is -0.282 e. The Morgan fingerprint density at radius 3 is 2.53 bits per heavy atom. The van der Waals surface area contributed by atoms with Gasteiger partial charge in [-0.2, -0.15) is 0 Å². The zero-order chi connectivity index (χ0) is 12.6. The number of thioether (sulfide) groups is 1. The van der Waals surface area contributed by atoms with Gasteiger partial charge in [0.05, 0.1) is 4.91 Å². The van der Waals surface area contributed by atoms with Gasteiger partial charge in [-0.15, -0.1) is 0 Å². The van der Waals surface area contributed by atoms with Crippen molar-refractivity contribution in [2.75, 3.05) is 0 Å². The van der Waals surface area contributed by atoms with Crippen LogP contribution in [0.2, 0.25) is 0 Å². The van der Waals surface area contributed by atoms with Gasteiger partial charge >= 0.3 is 0 Å². The first-order valence-corrected chi connectivity index (χ1v) is 6.60. The van der Waals surface area contributed by atoms with E-state index < -0.39 is 0 Å². The van der Waals surface area contributed by atoms with E-state index in [1.807, 2.05) is 26.0 Å². The van der Waals surface area contributed by atoms with Crippen molar-refractivity contribution in [2.45, 2.75) is 13.8 Å². The summed E-state index contributed by atoms with van der Waals surface area (Å²) in [6.07, 6.45) is 1.75. The summed E-state index contributed by atoms with van der Waals surface area (Å²) in [4.78, 5) is 22.9. The van der Waals surface area contributed by atoms with Crippen LogP contribution >= 0.6 is 27.7 Å². The number of benzene rings is 1. The van der Waals surface area contributed by atoms with Crippen molar-refractivity contribution in [3.63, 3.8) is 0 Å². The molecule has 0 radical (unpaired) electrons. The van der Waals surface area contributed by atoms with Crippen molar-refractivity contribution in [1.29, 1.82) is 0 Å². The zero-order valence-corrected chi connectivity index (χ0v) is 11.7. The fraction of sp³-hybridized carbons (Fsp3) is 0.167. The van der Waals surface area contributed by atoms with E-state index in [2.05, 4.69) is 21.2 Å². The molecule has 0 aromatic heterocycles. The summed E-state index contributed by atoms with van der Waals surface area (Å²) < 4.78 is 1.04. The van der Waals surface area contributed by atoms with Crippen LogP contribution in [-0.2, 0) is 4.79 Å². The largest absolute Gasteiger partial charge is 0.290 e. The van der Waals surface area contributed by atoms with Crippen LogP contribution in [-0.4, -0.2) is 11.1 Å². The second-order valence-corrected chi connectivity index (χ2v) is 5.68. The topological polar surface area (TPSA) is 46.2 Å². The predicted molar refractivity (Wildman–Crippen MR) is 72.7 cm³/mol. The minimum absolute atomic E-state index is 0.312. The lowest BCUT2D eigenvalue weighted by Gasteiger charge is -2.05. The second kappa shape index (κ2) is 4.66. The van der Waals surface area contributed by atoms with Gasteiger partial charge in [-0.25, -0.2) is 0 Å². The van der Waals surface area contributed by atoms with Gasteiger partial charge in [0, 0.05) is 4.47 Å². The minimum atomic E-state index is -0.319. The zero-order valence-electron chi connectivity index (χ0n) is 9.33. The molecule has 1 fully saturated rings. The lowest BCUT2D eigenvalue weighted by molar-refractivity contribution is -0.115. The number of amides is 2. The molecular weight excluding hydrogens is 302 g/mol. The third kappa shape index (κ3) is 2.61.